The Labute approximate surface area is 101 Å². The van der Waals surface area contributed by atoms with Gasteiger partial charge in [-0.2, -0.15) is 0 Å². The average molecular weight is 231 g/mol. The van der Waals surface area contributed by atoms with Crippen molar-refractivity contribution in [3.63, 3.8) is 0 Å². The Kier molecular flexibility index (Phi) is 2.96. The van der Waals surface area contributed by atoms with Crippen molar-refractivity contribution in [3.05, 3.63) is 34.2 Å². The number of anilines is 1. The SMILES string of the molecule is CCCC1(C)NN1c1cc(N=[N+]=[N-])ccc1C. The molecule has 0 bridgehead atoms. The zero-order valence-corrected chi connectivity index (χ0v) is 10.4. The van der Waals surface area contributed by atoms with Crippen molar-refractivity contribution >= 4 is 11.4 Å². The molecule has 0 saturated carbocycles. The lowest BCUT2D eigenvalue weighted by atomic mass is 10.1. The lowest BCUT2D eigenvalue weighted by Crippen LogP contribution is -2.13. The van der Waals surface area contributed by atoms with Crippen LogP contribution in [0.1, 0.15) is 32.3 Å². The molecule has 0 aromatic heterocycles. The van der Waals surface area contributed by atoms with Crippen molar-refractivity contribution in [3.8, 4) is 0 Å². The predicted octanol–water partition coefficient (Wildman–Crippen LogP) is 3.78. The third-order valence-corrected chi connectivity index (χ3v) is 3.13. The minimum Gasteiger partial charge on any atom is -0.284 e. The first kappa shape index (κ1) is 11.8. The second-order valence-corrected chi connectivity index (χ2v) is 4.63. The van der Waals surface area contributed by atoms with Crippen LogP contribution in [0.5, 0.6) is 0 Å². The first-order chi connectivity index (χ1) is 8.10. The Morgan fingerprint density at radius 1 is 1.53 bits per heavy atom. The number of azide groups is 1. The molecule has 5 nitrogen and oxygen atoms in total. The molecule has 0 radical (unpaired) electrons. The van der Waals surface area contributed by atoms with E-state index in [0.717, 1.165) is 18.5 Å². The zero-order valence-electron chi connectivity index (χ0n) is 10.4. The van der Waals surface area contributed by atoms with Gasteiger partial charge in [0.15, 0.2) is 0 Å². The zero-order chi connectivity index (χ0) is 12.5. The van der Waals surface area contributed by atoms with E-state index in [1.165, 1.54) is 5.56 Å². The van der Waals surface area contributed by atoms with Crippen molar-refractivity contribution in [2.75, 3.05) is 5.01 Å². The fourth-order valence-electron chi connectivity index (χ4n) is 2.15. The molecule has 0 aliphatic carbocycles. The fraction of sp³-hybridized carbons (Fsp3) is 0.500. The van der Waals surface area contributed by atoms with E-state index in [4.69, 9.17) is 5.53 Å². The summed E-state index contributed by atoms with van der Waals surface area (Å²) in [5, 5.41) is 5.78. The summed E-state index contributed by atoms with van der Waals surface area (Å²) in [6.07, 6.45) is 2.23. The molecule has 1 heterocycles. The third-order valence-electron chi connectivity index (χ3n) is 3.13. The Balaban J connectivity index is 2.28. The molecule has 1 aromatic carbocycles. The van der Waals surface area contributed by atoms with E-state index in [-0.39, 0.29) is 5.66 Å². The van der Waals surface area contributed by atoms with Gasteiger partial charge >= 0.3 is 0 Å². The van der Waals surface area contributed by atoms with Gasteiger partial charge in [0.25, 0.3) is 0 Å². The Morgan fingerprint density at radius 2 is 2.29 bits per heavy atom. The van der Waals surface area contributed by atoms with Crippen LogP contribution in [0.25, 0.3) is 10.4 Å². The number of aryl methyl sites for hydroxylation is 1. The molecule has 90 valence electrons. The summed E-state index contributed by atoms with van der Waals surface area (Å²) in [7, 11) is 0. The van der Waals surface area contributed by atoms with Crippen molar-refractivity contribution in [1.29, 1.82) is 0 Å². The van der Waals surface area contributed by atoms with Crippen LogP contribution in [0.2, 0.25) is 0 Å². The molecule has 1 aliphatic heterocycles. The molecular weight excluding hydrogens is 214 g/mol. The van der Waals surface area contributed by atoms with E-state index in [1.54, 1.807) is 0 Å². The quantitative estimate of drug-likeness (QED) is 0.370. The van der Waals surface area contributed by atoms with Gasteiger partial charge in [0.05, 0.1) is 5.69 Å². The lowest BCUT2D eigenvalue weighted by Gasteiger charge is -2.12. The first-order valence-corrected chi connectivity index (χ1v) is 5.84. The topological polar surface area (TPSA) is 73.7 Å². The largest absolute Gasteiger partial charge is 0.284 e. The van der Waals surface area contributed by atoms with Crippen LogP contribution in [-0.2, 0) is 0 Å². The van der Waals surface area contributed by atoms with Gasteiger partial charge in [-0.15, -0.1) is 0 Å². The molecule has 5 heteroatoms. The van der Waals surface area contributed by atoms with Gasteiger partial charge in [-0.1, -0.05) is 30.6 Å². The van der Waals surface area contributed by atoms with Gasteiger partial charge in [0.2, 0.25) is 0 Å². The maximum absolute atomic E-state index is 8.45. The number of benzene rings is 1. The minimum atomic E-state index is 0.0501. The highest BCUT2D eigenvalue weighted by Gasteiger charge is 2.47. The normalized spacial score (nSPS) is 22.2. The van der Waals surface area contributed by atoms with Crippen LogP contribution in [0.3, 0.4) is 0 Å². The molecule has 1 saturated heterocycles. The molecule has 0 amide bonds. The number of hydrazine groups is 1. The molecule has 0 spiro atoms. The van der Waals surface area contributed by atoms with E-state index in [9.17, 15) is 0 Å². The monoisotopic (exact) mass is 231 g/mol. The molecule has 17 heavy (non-hydrogen) atoms. The fourth-order valence-corrected chi connectivity index (χ4v) is 2.15. The third kappa shape index (κ3) is 2.20. The molecule has 1 fully saturated rings. The smallest absolute Gasteiger partial charge is 0.120 e. The summed E-state index contributed by atoms with van der Waals surface area (Å²) in [6, 6.07) is 5.73. The highest BCUT2D eigenvalue weighted by atomic mass is 15.8. The first-order valence-electron chi connectivity index (χ1n) is 5.84. The van der Waals surface area contributed by atoms with E-state index < -0.39 is 0 Å². The number of hydrogen-bond acceptors (Lipinski definition) is 3. The van der Waals surface area contributed by atoms with E-state index in [0.29, 0.717) is 5.69 Å². The Hall–Kier alpha value is -1.71. The number of nitrogens with zero attached hydrogens (tertiary/aromatic N) is 4. The molecule has 1 unspecified atom stereocenters. The maximum Gasteiger partial charge on any atom is 0.120 e. The van der Waals surface area contributed by atoms with Crippen LogP contribution < -0.4 is 10.4 Å². The van der Waals surface area contributed by atoms with Gasteiger partial charge in [-0.25, -0.2) is 5.43 Å². The van der Waals surface area contributed by atoms with Gasteiger partial charge in [-0.3, -0.25) is 5.01 Å². The van der Waals surface area contributed by atoms with Crippen LogP contribution in [0.4, 0.5) is 11.4 Å². The van der Waals surface area contributed by atoms with Gasteiger partial charge in [0, 0.05) is 10.6 Å². The van der Waals surface area contributed by atoms with E-state index in [1.807, 2.05) is 18.2 Å². The van der Waals surface area contributed by atoms with Gasteiger partial charge in [0.1, 0.15) is 5.66 Å². The minimum absolute atomic E-state index is 0.0501. The highest BCUT2D eigenvalue weighted by molar-refractivity contribution is 5.64. The lowest BCUT2D eigenvalue weighted by molar-refractivity contribution is 0.606. The second-order valence-electron chi connectivity index (χ2n) is 4.63. The van der Waals surface area contributed by atoms with Crippen molar-refractivity contribution < 1.29 is 0 Å². The van der Waals surface area contributed by atoms with Crippen molar-refractivity contribution in [2.45, 2.75) is 39.3 Å². The summed E-state index contributed by atoms with van der Waals surface area (Å²) in [4.78, 5) is 2.82. The molecule has 1 aromatic rings. The summed E-state index contributed by atoms with van der Waals surface area (Å²) in [6.45, 7) is 6.41. The summed E-state index contributed by atoms with van der Waals surface area (Å²) < 4.78 is 0. The van der Waals surface area contributed by atoms with Gasteiger partial charge < -0.3 is 0 Å². The second kappa shape index (κ2) is 4.28. The highest BCUT2D eigenvalue weighted by Crippen LogP contribution is 2.38. The molecule has 1 aliphatic rings. The summed E-state index contributed by atoms with van der Waals surface area (Å²) in [5.74, 6) is 0. The predicted molar refractivity (Wildman–Crippen MR) is 68.9 cm³/mol. The number of nitrogens with one attached hydrogen (secondary N) is 1. The van der Waals surface area contributed by atoms with Crippen molar-refractivity contribution in [2.24, 2.45) is 5.11 Å². The van der Waals surface area contributed by atoms with Crippen LogP contribution in [0, 0.1) is 6.92 Å². The Bertz CT molecular complexity index is 478. The van der Waals surface area contributed by atoms with Crippen LogP contribution in [0.15, 0.2) is 23.3 Å². The number of hydrogen-bond donors (Lipinski definition) is 1. The van der Waals surface area contributed by atoms with E-state index >= 15 is 0 Å². The van der Waals surface area contributed by atoms with Crippen LogP contribution >= 0.6 is 0 Å². The average Bonchev–Trinajstić information content (AvgIpc) is 2.94. The van der Waals surface area contributed by atoms with E-state index in [2.05, 4.69) is 41.2 Å². The van der Waals surface area contributed by atoms with Crippen LogP contribution in [-0.4, -0.2) is 5.66 Å². The van der Waals surface area contributed by atoms with Crippen molar-refractivity contribution in [1.82, 2.24) is 5.43 Å². The van der Waals surface area contributed by atoms with Gasteiger partial charge in [-0.05, 0) is 37.4 Å². The summed E-state index contributed by atoms with van der Waals surface area (Å²) in [5.41, 5.74) is 14.8. The summed E-state index contributed by atoms with van der Waals surface area (Å²) >= 11 is 0. The molecule has 1 atom stereocenters. The maximum atomic E-state index is 8.45. The molecule has 2 rings (SSSR count). The Morgan fingerprint density at radius 3 is 2.94 bits per heavy atom. The molecule has 1 N–H and O–H groups in total. The number of rotatable bonds is 4. The molecular formula is C12H17N5. The standard InChI is InChI=1S/C12H17N5/c1-4-7-12(3)15-17(12)11-8-10(14-16-13)6-5-9(11)2/h5-6,8,15H,4,7H2,1-3H3.